The maximum atomic E-state index is 15.9. The molecule has 2 aromatic carbocycles. The Morgan fingerprint density at radius 2 is 1.66 bits per heavy atom. The average Bonchev–Trinajstić information content (AvgIpc) is 3.67. The van der Waals surface area contributed by atoms with Gasteiger partial charge in [0.2, 0.25) is 20.2 Å². The molecule has 0 saturated carbocycles. The van der Waals surface area contributed by atoms with Crippen LogP contribution in [-0.4, -0.2) is 57.0 Å². The number of nitrogens with zero attached hydrogens (tertiary/aromatic N) is 3. The van der Waals surface area contributed by atoms with Crippen molar-refractivity contribution in [2.75, 3.05) is 34.4 Å². The summed E-state index contributed by atoms with van der Waals surface area (Å²) in [6, 6.07) is 13.3. The third-order valence-electron chi connectivity index (χ3n) is 9.38. The van der Waals surface area contributed by atoms with E-state index in [1.807, 2.05) is 49.4 Å². The third-order valence-corrected chi connectivity index (χ3v) is 11.8. The fourth-order valence-electron chi connectivity index (χ4n) is 7.60. The van der Waals surface area contributed by atoms with Crippen LogP contribution in [0.25, 0.3) is 0 Å². The molecule has 4 aliphatic heterocycles. The maximum absolute atomic E-state index is 15.9. The molecule has 1 N–H and O–H groups in total. The first-order valence-electron chi connectivity index (χ1n) is 14.7. The molecule has 10 heteroatoms. The molecule has 218 valence electrons. The van der Waals surface area contributed by atoms with E-state index in [1.165, 1.54) is 0 Å². The summed E-state index contributed by atoms with van der Waals surface area (Å²) in [5.74, 6) is -0.585. The van der Waals surface area contributed by atoms with Crippen molar-refractivity contribution in [3.05, 3.63) is 53.6 Å². The molecular formula is C31H38FN3O5Si. The van der Waals surface area contributed by atoms with E-state index < -0.39 is 31.6 Å². The molecule has 0 radical (unpaired) electrons. The van der Waals surface area contributed by atoms with Gasteiger partial charge in [-0.3, -0.25) is 14.4 Å². The zero-order valence-electron chi connectivity index (χ0n) is 23.9. The SMILES string of the molecule is C[C@@H]1[C@@H]([Si](C)(C)F)[C@H](CCO)O[C@@]12C(=O)N(Cc1cccc(N3CCCC3=O)c1)c1ccc(N3CCCC3=O)cc12. The molecule has 2 aromatic rings. The first kappa shape index (κ1) is 28.1. The molecule has 0 bridgehead atoms. The van der Waals surface area contributed by atoms with Crippen molar-refractivity contribution < 1.29 is 28.3 Å². The number of carbonyl (C=O) groups is 3. The number of halogens is 1. The second-order valence-electron chi connectivity index (χ2n) is 12.3. The summed E-state index contributed by atoms with van der Waals surface area (Å²) in [6.45, 7) is 6.57. The summed E-state index contributed by atoms with van der Waals surface area (Å²) in [4.78, 5) is 44.8. The summed E-state index contributed by atoms with van der Waals surface area (Å²) >= 11 is 0. The van der Waals surface area contributed by atoms with Gasteiger partial charge in [-0.05, 0) is 68.3 Å². The summed E-state index contributed by atoms with van der Waals surface area (Å²) in [5, 5.41) is 9.83. The van der Waals surface area contributed by atoms with Gasteiger partial charge >= 0.3 is 0 Å². The van der Waals surface area contributed by atoms with E-state index in [0.717, 1.165) is 24.1 Å². The van der Waals surface area contributed by atoms with Crippen LogP contribution in [0.2, 0.25) is 18.6 Å². The predicted molar refractivity (Wildman–Crippen MR) is 157 cm³/mol. The van der Waals surface area contributed by atoms with Gasteiger partial charge in [0.05, 0.1) is 18.3 Å². The molecule has 3 saturated heterocycles. The summed E-state index contributed by atoms with van der Waals surface area (Å²) in [7, 11) is -3.32. The van der Waals surface area contributed by atoms with Gasteiger partial charge in [-0.15, -0.1) is 0 Å². The lowest BCUT2D eigenvalue weighted by Gasteiger charge is -2.31. The largest absolute Gasteiger partial charge is 0.396 e. The van der Waals surface area contributed by atoms with Crippen molar-refractivity contribution in [3.63, 3.8) is 0 Å². The third kappa shape index (κ3) is 4.51. The Kier molecular flexibility index (Phi) is 7.06. The molecular weight excluding hydrogens is 541 g/mol. The molecule has 3 fully saturated rings. The molecule has 0 unspecified atom stereocenters. The first-order chi connectivity index (χ1) is 19.6. The molecule has 4 aliphatic rings. The van der Waals surface area contributed by atoms with Gasteiger partial charge in [0.15, 0.2) is 5.60 Å². The minimum Gasteiger partial charge on any atom is -0.396 e. The van der Waals surface area contributed by atoms with Crippen molar-refractivity contribution in [1.29, 1.82) is 0 Å². The number of fused-ring (bicyclic) bond motifs is 2. The van der Waals surface area contributed by atoms with Crippen LogP contribution in [0.15, 0.2) is 42.5 Å². The number of benzene rings is 2. The minimum absolute atomic E-state index is 0.0437. The number of aliphatic hydroxyl groups is 1. The molecule has 4 heterocycles. The number of rotatable bonds is 7. The van der Waals surface area contributed by atoms with Crippen LogP contribution in [-0.2, 0) is 31.3 Å². The second kappa shape index (κ2) is 10.3. The maximum Gasteiger partial charge on any atom is 0.264 e. The van der Waals surface area contributed by atoms with Crippen molar-refractivity contribution in [3.8, 4) is 0 Å². The van der Waals surface area contributed by atoms with Crippen molar-refractivity contribution in [2.45, 2.75) is 75.9 Å². The van der Waals surface area contributed by atoms with E-state index in [2.05, 4.69) is 0 Å². The standard InChI is InChI=1S/C31H38FN3O5Si/c1-20-29(41(2,3)32)26(13-16-36)40-31(20)24-18-23(34-15-6-10-28(34)38)11-12-25(24)35(30(31)39)19-21-7-4-8-22(17-21)33-14-5-9-27(33)37/h4,7-8,11-12,17-18,20,26,29,36H,5-6,9-10,13-16,19H2,1-3H3/t20-,26+,29-,31+/m1/s1. The fourth-order valence-corrected chi connectivity index (χ4v) is 10.1. The van der Waals surface area contributed by atoms with E-state index >= 15 is 4.11 Å². The Bertz CT molecular complexity index is 1400. The van der Waals surface area contributed by atoms with Gasteiger partial charge in [0, 0.05) is 60.9 Å². The molecule has 0 aliphatic carbocycles. The summed E-state index contributed by atoms with van der Waals surface area (Å²) < 4.78 is 22.5. The van der Waals surface area contributed by atoms with E-state index in [9.17, 15) is 19.5 Å². The molecule has 6 rings (SSSR count). The highest BCUT2D eigenvalue weighted by molar-refractivity contribution is 6.72. The summed E-state index contributed by atoms with van der Waals surface area (Å²) in [6.07, 6.45) is 2.27. The predicted octanol–water partition coefficient (Wildman–Crippen LogP) is 4.64. The minimum atomic E-state index is -3.32. The Hall–Kier alpha value is -3.08. The van der Waals surface area contributed by atoms with Crippen LogP contribution in [0.4, 0.5) is 21.2 Å². The monoisotopic (exact) mass is 579 g/mol. The number of carbonyl (C=O) groups excluding carboxylic acids is 3. The molecule has 41 heavy (non-hydrogen) atoms. The molecule has 4 atom stereocenters. The number of anilines is 3. The van der Waals surface area contributed by atoms with Crippen LogP contribution in [0.5, 0.6) is 0 Å². The van der Waals surface area contributed by atoms with Crippen molar-refractivity contribution >= 4 is 43.2 Å². The van der Waals surface area contributed by atoms with Gasteiger partial charge in [-0.25, -0.2) is 0 Å². The smallest absolute Gasteiger partial charge is 0.264 e. The van der Waals surface area contributed by atoms with E-state index in [-0.39, 0.29) is 37.3 Å². The highest BCUT2D eigenvalue weighted by Crippen LogP contribution is 2.60. The molecule has 3 amide bonds. The van der Waals surface area contributed by atoms with E-state index in [1.54, 1.807) is 27.8 Å². The second-order valence-corrected chi connectivity index (χ2v) is 16.1. The van der Waals surface area contributed by atoms with Crippen LogP contribution >= 0.6 is 0 Å². The normalized spacial score (nSPS) is 28.1. The van der Waals surface area contributed by atoms with Gasteiger partial charge in [0.1, 0.15) is 0 Å². The molecule has 1 spiro atoms. The highest BCUT2D eigenvalue weighted by atomic mass is 28.4. The number of amides is 3. The number of aliphatic hydroxyl groups excluding tert-OH is 1. The van der Waals surface area contributed by atoms with Crippen LogP contribution in [0.1, 0.15) is 50.2 Å². The topological polar surface area (TPSA) is 90.4 Å². The zero-order valence-corrected chi connectivity index (χ0v) is 24.9. The van der Waals surface area contributed by atoms with E-state index in [0.29, 0.717) is 42.9 Å². The fraction of sp³-hybridized carbons (Fsp3) is 0.516. The zero-order chi connectivity index (χ0) is 29.1. The van der Waals surface area contributed by atoms with Crippen LogP contribution < -0.4 is 14.7 Å². The van der Waals surface area contributed by atoms with Crippen LogP contribution in [0, 0.1) is 5.92 Å². The molecule has 8 nitrogen and oxygen atoms in total. The van der Waals surface area contributed by atoms with Gasteiger partial charge in [0.25, 0.3) is 5.91 Å². The van der Waals surface area contributed by atoms with Crippen molar-refractivity contribution in [1.82, 2.24) is 0 Å². The summed E-state index contributed by atoms with van der Waals surface area (Å²) in [5.41, 5.74) is 1.82. The first-order valence-corrected chi connectivity index (χ1v) is 17.7. The number of hydrogen-bond acceptors (Lipinski definition) is 5. The molecule has 0 aromatic heterocycles. The van der Waals surface area contributed by atoms with E-state index in [4.69, 9.17) is 4.74 Å². The van der Waals surface area contributed by atoms with Crippen LogP contribution in [0.3, 0.4) is 0 Å². The average molecular weight is 580 g/mol. The lowest BCUT2D eigenvalue weighted by molar-refractivity contribution is -0.146. The van der Waals surface area contributed by atoms with Gasteiger partial charge in [-0.1, -0.05) is 19.1 Å². The Morgan fingerprint density at radius 3 is 2.24 bits per heavy atom. The Balaban J connectivity index is 1.43. The number of ether oxygens (including phenoxy) is 1. The quantitative estimate of drug-likeness (QED) is 0.381. The lowest BCUT2D eigenvalue weighted by Crippen LogP contribution is -2.45. The highest BCUT2D eigenvalue weighted by Gasteiger charge is 2.66. The van der Waals surface area contributed by atoms with Gasteiger partial charge < -0.3 is 28.7 Å². The Morgan fingerprint density at radius 1 is 1.00 bits per heavy atom. The Labute approximate surface area is 241 Å². The lowest BCUT2D eigenvalue weighted by atomic mass is 9.82. The van der Waals surface area contributed by atoms with Crippen molar-refractivity contribution in [2.24, 2.45) is 5.92 Å². The number of hydrogen-bond donors (Lipinski definition) is 1. The van der Waals surface area contributed by atoms with Gasteiger partial charge in [-0.2, -0.15) is 0 Å².